The minimum Gasteiger partial charge on any atom is -0.370 e. The molecule has 0 amide bonds. The molecule has 0 spiro atoms. The van der Waals surface area contributed by atoms with Gasteiger partial charge in [0.05, 0.1) is 0 Å². The van der Waals surface area contributed by atoms with Crippen LogP contribution in [0.3, 0.4) is 0 Å². The molecule has 0 radical (unpaired) electrons. The number of aliphatic imine (C=N–C) groups is 1. The predicted octanol–water partition coefficient (Wildman–Crippen LogP) is 1.83. The van der Waals surface area contributed by atoms with Gasteiger partial charge in [-0.05, 0) is 30.6 Å². The van der Waals surface area contributed by atoms with Crippen LogP contribution in [0.1, 0.15) is 39.5 Å². The van der Waals surface area contributed by atoms with Crippen molar-refractivity contribution in [2.24, 2.45) is 22.1 Å². The number of likely N-dealkylation sites (tertiary alicyclic amines) is 1. The molecule has 86 valence electrons. The largest absolute Gasteiger partial charge is 0.370 e. The molecule has 3 heteroatoms. The summed E-state index contributed by atoms with van der Waals surface area (Å²) in [4.78, 5) is 6.71. The number of guanidine groups is 1. The summed E-state index contributed by atoms with van der Waals surface area (Å²) >= 11 is 0. The third-order valence-corrected chi connectivity index (χ3v) is 4.13. The molecule has 0 aromatic rings. The maximum Gasteiger partial charge on any atom is 0.191 e. The van der Waals surface area contributed by atoms with Crippen LogP contribution in [0.5, 0.6) is 0 Å². The van der Waals surface area contributed by atoms with Gasteiger partial charge in [-0.25, -0.2) is 0 Å². The molecular formula is C12H23N3. The molecule has 2 rings (SSSR count). The van der Waals surface area contributed by atoms with Crippen LogP contribution in [0.2, 0.25) is 0 Å². The number of rotatable bonds is 2. The molecule has 3 nitrogen and oxygen atoms in total. The minimum atomic E-state index is 0.471. The van der Waals surface area contributed by atoms with Gasteiger partial charge in [0.15, 0.2) is 5.96 Å². The van der Waals surface area contributed by atoms with Crippen molar-refractivity contribution in [2.75, 3.05) is 19.6 Å². The highest BCUT2D eigenvalue weighted by molar-refractivity contribution is 5.78. The maximum atomic E-state index is 5.92. The first-order chi connectivity index (χ1) is 7.09. The van der Waals surface area contributed by atoms with Crippen molar-refractivity contribution >= 4 is 5.96 Å². The van der Waals surface area contributed by atoms with Gasteiger partial charge in [-0.1, -0.05) is 20.3 Å². The lowest BCUT2D eigenvalue weighted by molar-refractivity contribution is 0.262. The van der Waals surface area contributed by atoms with Crippen molar-refractivity contribution in [3.8, 4) is 0 Å². The second-order valence-electron chi connectivity index (χ2n) is 5.62. The Morgan fingerprint density at radius 3 is 2.60 bits per heavy atom. The van der Waals surface area contributed by atoms with Crippen molar-refractivity contribution in [3.05, 3.63) is 0 Å². The highest BCUT2D eigenvalue weighted by atomic mass is 15.3. The van der Waals surface area contributed by atoms with Gasteiger partial charge >= 0.3 is 0 Å². The van der Waals surface area contributed by atoms with E-state index in [1.807, 2.05) is 0 Å². The summed E-state index contributed by atoms with van der Waals surface area (Å²) in [5, 5.41) is 0. The lowest BCUT2D eigenvalue weighted by Crippen LogP contribution is -2.46. The molecule has 1 unspecified atom stereocenters. The summed E-state index contributed by atoms with van der Waals surface area (Å²) in [6, 6.07) is 0. The van der Waals surface area contributed by atoms with Gasteiger partial charge in [0.2, 0.25) is 0 Å². The number of nitrogens with two attached hydrogens (primary N) is 1. The van der Waals surface area contributed by atoms with E-state index in [1.165, 1.54) is 25.7 Å². The monoisotopic (exact) mass is 209 g/mol. The van der Waals surface area contributed by atoms with E-state index in [-0.39, 0.29) is 0 Å². The van der Waals surface area contributed by atoms with Gasteiger partial charge in [0, 0.05) is 19.6 Å². The molecule has 1 saturated heterocycles. The Balaban J connectivity index is 1.86. The smallest absolute Gasteiger partial charge is 0.191 e. The molecule has 2 N–H and O–H groups in total. The fourth-order valence-corrected chi connectivity index (χ4v) is 2.59. The molecule has 1 aliphatic carbocycles. The van der Waals surface area contributed by atoms with E-state index < -0.39 is 0 Å². The van der Waals surface area contributed by atoms with Crippen molar-refractivity contribution in [3.63, 3.8) is 0 Å². The van der Waals surface area contributed by atoms with E-state index in [2.05, 4.69) is 23.7 Å². The molecule has 2 aliphatic rings. The molecule has 15 heavy (non-hydrogen) atoms. The molecule has 2 fully saturated rings. The topological polar surface area (TPSA) is 41.6 Å². The van der Waals surface area contributed by atoms with Gasteiger partial charge in [-0.3, -0.25) is 4.99 Å². The third kappa shape index (κ3) is 2.27. The van der Waals surface area contributed by atoms with Gasteiger partial charge in [-0.15, -0.1) is 0 Å². The average Bonchev–Trinajstić information content (AvgIpc) is 2.38. The van der Waals surface area contributed by atoms with Crippen LogP contribution in [0.4, 0.5) is 0 Å². The Kier molecular flexibility index (Phi) is 2.89. The van der Waals surface area contributed by atoms with Crippen LogP contribution in [-0.4, -0.2) is 30.5 Å². The van der Waals surface area contributed by atoms with Crippen molar-refractivity contribution in [1.82, 2.24) is 4.90 Å². The van der Waals surface area contributed by atoms with Gasteiger partial charge in [0.25, 0.3) is 0 Å². The second kappa shape index (κ2) is 4.03. The summed E-state index contributed by atoms with van der Waals surface area (Å²) in [5.74, 6) is 1.50. The normalized spacial score (nSPS) is 30.4. The summed E-state index contributed by atoms with van der Waals surface area (Å²) in [6.07, 6.45) is 5.29. The highest BCUT2D eigenvalue weighted by Crippen LogP contribution is 2.42. The minimum absolute atomic E-state index is 0.471. The van der Waals surface area contributed by atoms with E-state index in [9.17, 15) is 0 Å². The van der Waals surface area contributed by atoms with E-state index >= 15 is 0 Å². The molecule has 0 aromatic carbocycles. The zero-order valence-electron chi connectivity index (χ0n) is 10.00. The fraction of sp³-hybridized carbons (Fsp3) is 0.917. The van der Waals surface area contributed by atoms with E-state index in [4.69, 9.17) is 5.73 Å². The number of nitrogens with zero attached hydrogens (tertiary/aromatic N) is 2. The standard InChI is InChI=1S/C12H23N3/c1-12(2)6-3-5-10(12)9-14-11(13)15-7-4-8-15/h10H,3-9H2,1-2H3,(H2,13,14). The first kappa shape index (κ1) is 10.8. The lowest BCUT2D eigenvalue weighted by atomic mass is 9.82. The van der Waals surface area contributed by atoms with Crippen LogP contribution in [0, 0.1) is 11.3 Å². The molecular weight excluding hydrogens is 186 g/mol. The maximum absolute atomic E-state index is 5.92. The first-order valence-corrected chi connectivity index (χ1v) is 6.14. The Bertz CT molecular complexity index is 254. The molecule has 0 aromatic heterocycles. The van der Waals surface area contributed by atoms with Crippen molar-refractivity contribution in [1.29, 1.82) is 0 Å². The summed E-state index contributed by atoms with van der Waals surface area (Å²) < 4.78 is 0. The summed E-state index contributed by atoms with van der Waals surface area (Å²) in [6.45, 7) is 7.85. The van der Waals surface area contributed by atoms with Crippen LogP contribution in [0.15, 0.2) is 4.99 Å². The van der Waals surface area contributed by atoms with E-state index in [0.717, 1.165) is 31.5 Å². The Morgan fingerprint density at radius 1 is 1.40 bits per heavy atom. The second-order valence-corrected chi connectivity index (χ2v) is 5.62. The highest BCUT2D eigenvalue weighted by Gasteiger charge is 2.34. The number of hydrogen-bond donors (Lipinski definition) is 1. The molecule has 1 aliphatic heterocycles. The Labute approximate surface area is 92.7 Å². The molecule has 1 atom stereocenters. The van der Waals surface area contributed by atoms with Crippen molar-refractivity contribution < 1.29 is 0 Å². The number of hydrogen-bond acceptors (Lipinski definition) is 1. The van der Waals surface area contributed by atoms with Gasteiger partial charge in [0.1, 0.15) is 0 Å². The average molecular weight is 209 g/mol. The molecule has 1 saturated carbocycles. The predicted molar refractivity (Wildman–Crippen MR) is 63.8 cm³/mol. The van der Waals surface area contributed by atoms with Crippen LogP contribution in [-0.2, 0) is 0 Å². The quantitative estimate of drug-likeness (QED) is 0.557. The fourth-order valence-electron chi connectivity index (χ4n) is 2.59. The molecule has 0 bridgehead atoms. The third-order valence-electron chi connectivity index (χ3n) is 4.13. The van der Waals surface area contributed by atoms with Gasteiger partial charge < -0.3 is 10.6 Å². The molecule has 1 heterocycles. The zero-order chi connectivity index (χ0) is 10.9. The Morgan fingerprint density at radius 2 is 2.13 bits per heavy atom. The lowest BCUT2D eigenvalue weighted by Gasteiger charge is -2.32. The summed E-state index contributed by atoms with van der Waals surface area (Å²) in [7, 11) is 0. The van der Waals surface area contributed by atoms with Crippen LogP contribution >= 0.6 is 0 Å². The zero-order valence-corrected chi connectivity index (χ0v) is 10.00. The van der Waals surface area contributed by atoms with Crippen LogP contribution in [0.25, 0.3) is 0 Å². The Hall–Kier alpha value is -0.730. The van der Waals surface area contributed by atoms with Crippen molar-refractivity contribution in [2.45, 2.75) is 39.5 Å². The van der Waals surface area contributed by atoms with E-state index in [0.29, 0.717) is 5.41 Å². The van der Waals surface area contributed by atoms with E-state index in [1.54, 1.807) is 0 Å². The summed E-state index contributed by atoms with van der Waals surface area (Å²) in [5.41, 5.74) is 6.39. The SMILES string of the molecule is CC1(C)CCCC1CN=C(N)N1CCC1. The van der Waals surface area contributed by atoms with Gasteiger partial charge in [-0.2, -0.15) is 0 Å². The van der Waals surface area contributed by atoms with Crippen LogP contribution < -0.4 is 5.73 Å². The first-order valence-electron chi connectivity index (χ1n) is 6.14.